The van der Waals surface area contributed by atoms with Crippen LogP contribution in [-0.2, 0) is 7.05 Å². The number of hydrogen-bond donors (Lipinski definition) is 1. The molecule has 1 aromatic carbocycles. The molecular weight excluding hydrogens is 220 g/mol. The minimum Gasteiger partial charge on any atom is -0.384 e. The number of nitrogen functional groups attached to an aromatic ring is 1. The van der Waals surface area contributed by atoms with Crippen molar-refractivity contribution in [2.24, 2.45) is 7.05 Å². The largest absolute Gasteiger partial charge is 0.384 e. The number of rotatable bonds is 2. The molecule has 0 saturated carbocycles. The van der Waals surface area contributed by atoms with Crippen molar-refractivity contribution in [3.8, 4) is 11.3 Å². The maximum atomic E-state index is 10.7. The molecule has 0 bridgehead atoms. The van der Waals surface area contributed by atoms with Gasteiger partial charge in [-0.1, -0.05) is 0 Å². The Morgan fingerprint density at radius 1 is 1.41 bits per heavy atom. The quantitative estimate of drug-likeness (QED) is 0.632. The van der Waals surface area contributed by atoms with Crippen molar-refractivity contribution in [3.63, 3.8) is 0 Å². The molecule has 6 nitrogen and oxygen atoms in total. The van der Waals surface area contributed by atoms with E-state index in [0.29, 0.717) is 17.1 Å². The van der Waals surface area contributed by atoms with Gasteiger partial charge in [0.05, 0.1) is 10.6 Å². The molecule has 0 aliphatic rings. The molecule has 0 unspecified atom stereocenters. The van der Waals surface area contributed by atoms with Gasteiger partial charge in [0.25, 0.3) is 5.69 Å². The molecule has 0 saturated heterocycles. The molecule has 6 heteroatoms. The highest BCUT2D eigenvalue weighted by Gasteiger charge is 2.12. The maximum absolute atomic E-state index is 10.7. The van der Waals surface area contributed by atoms with Crippen molar-refractivity contribution in [1.82, 2.24) is 9.78 Å². The van der Waals surface area contributed by atoms with Crippen molar-refractivity contribution in [2.75, 3.05) is 5.73 Å². The van der Waals surface area contributed by atoms with Crippen LogP contribution in [0, 0.1) is 17.0 Å². The number of hydrogen-bond acceptors (Lipinski definition) is 4. The third-order valence-electron chi connectivity index (χ3n) is 2.61. The fraction of sp³-hybridized carbons (Fsp3) is 0.182. The highest BCUT2D eigenvalue weighted by Crippen LogP contribution is 2.25. The van der Waals surface area contributed by atoms with Crippen LogP contribution in [0.3, 0.4) is 0 Å². The molecule has 0 atom stereocenters. The molecule has 0 fully saturated rings. The third kappa shape index (κ3) is 1.96. The van der Waals surface area contributed by atoms with Crippen molar-refractivity contribution < 1.29 is 4.92 Å². The van der Waals surface area contributed by atoms with Gasteiger partial charge < -0.3 is 5.73 Å². The monoisotopic (exact) mass is 232 g/mol. The first kappa shape index (κ1) is 11.1. The van der Waals surface area contributed by atoms with Crippen molar-refractivity contribution >= 4 is 11.5 Å². The highest BCUT2D eigenvalue weighted by atomic mass is 16.6. The minimum atomic E-state index is -0.397. The van der Waals surface area contributed by atoms with E-state index in [1.165, 1.54) is 6.07 Å². The van der Waals surface area contributed by atoms with Crippen molar-refractivity contribution in [3.05, 3.63) is 39.9 Å². The first-order valence-electron chi connectivity index (χ1n) is 5.04. The van der Waals surface area contributed by atoms with Gasteiger partial charge in [-0.15, -0.1) is 0 Å². The van der Waals surface area contributed by atoms with Crippen LogP contribution in [0.5, 0.6) is 0 Å². The van der Waals surface area contributed by atoms with E-state index in [2.05, 4.69) is 5.10 Å². The Labute approximate surface area is 97.8 Å². The molecule has 0 radical (unpaired) electrons. The number of aryl methyl sites for hydroxylation is 2. The van der Waals surface area contributed by atoms with Gasteiger partial charge in [0.1, 0.15) is 5.82 Å². The molecule has 0 aliphatic carbocycles. The fourth-order valence-electron chi connectivity index (χ4n) is 1.64. The average Bonchev–Trinajstić information content (AvgIpc) is 2.58. The Balaban J connectivity index is 2.47. The lowest BCUT2D eigenvalue weighted by molar-refractivity contribution is -0.385. The molecule has 0 aliphatic heterocycles. The molecular formula is C11H12N4O2. The molecule has 17 heavy (non-hydrogen) atoms. The van der Waals surface area contributed by atoms with Gasteiger partial charge in [0.2, 0.25) is 0 Å². The smallest absolute Gasteiger partial charge is 0.272 e. The van der Waals surface area contributed by atoms with Gasteiger partial charge in [-0.05, 0) is 19.1 Å². The van der Waals surface area contributed by atoms with E-state index in [1.807, 2.05) is 0 Å². The van der Waals surface area contributed by atoms with Crippen LogP contribution in [0.1, 0.15) is 5.56 Å². The first-order valence-corrected chi connectivity index (χ1v) is 5.04. The summed E-state index contributed by atoms with van der Waals surface area (Å²) >= 11 is 0. The van der Waals surface area contributed by atoms with E-state index in [1.54, 1.807) is 36.9 Å². The molecule has 0 amide bonds. The van der Waals surface area contributed by atoms with E-state index >= 15 is 0 Å². The lowest BCUT2D eigenvalue weighted by atomic mass is 10.1. The molecule has 2 aromatic rings. The fourth-order valence-corrected chi connectivity index (χ4v) is 1.64. The van der Waals surface area contributed by atoms with Gasteiger partial charge in [-0.3, -0.25) is 14.8 Å². The maximum Gasteiger partial charge on any atom is 0.272 e. The second-order valence-electron chi connectivity index (χ2n) is 3.84. The Bertz CT molecular complexity index is 570. The summed E-state index contributed by atoms with van der Waals surface area (Å²) in [5.74, 6) is 0.552. The van der Waals surface area contributed by atoms with Crippen LogP contribution in [-0.4, -0.2) is 14.7 Å². The summed E-state index contributed by atoms with van der Waals surface area (Å²) in [6.45, 7) is 1.70. The van der Waals surface area contributed by atoms with E-state index < -0.39 is 4.92 Å². The van der Waals surface area contributed by atoms with Gasteiger partial charge in [-0.25, -0.2) is 0 Å². The number of nitrogens with two attached hydrogens (primary N) is 1. The predicted octanol–water partition coefficient (Wildman–Crippen LogP) is 1.89. The van der Waals surface area contributed by atoms with Gasteiger partial charge in [0.15, 0.2) is 0 Å². The van der Waals surface area contributed by atoms with Gasteiger partial charge in [0, 0.05) is 30.3 Å². The predicted molar refractivity (Wildman–Crippen MR) is 64.4 cm³/mol. The van der Waals surface area contributed by atoms with Crippen LogP contribution in [0.2, 0.25) is 0 Å². The molecule has 2 rings (SSSR count). The zero-order chi connectivity index (χ0) is 12.6. The van der Waals surface area contributed by atoms with Crippen LogP contribution < -0.4 is 5.73 Å². The molecule has 0 spiro atoms. The van der Waals surface area contributed by atoms with Crippen LogP contribution in [0.25, 0.3) is 11.3 Å². The lowest BCUT2D eigenvalue weighted by Crippen LogP contribution is -1.96. The topological polar surface area (TPSA) is 87.0 Å². The van der Waals surface area contributed by atoms with Crippen LogP contribution in [0.4, 0.5) is 11.5 Å². The molecule has 1 heterocycles. The Morgan fingerprint density at radius 3 is 2.59 bits per heavy atom. The van der Waals surface area contributed by atoms with Crippen LogP contribution >= 0.6 is 0 Å². The Morgan fingerprint density at radius 2 is 2.12 bits per heavy atom. The number of nitro groups is 1. The summed E-state index contributed by atoms with van der Waals surface area (Å²) in [4.78, 5) is 10.3. The second-order valence-corrected chi connectivity index (χ2v) is 3.84. The highest BCUT2D eigenvalue weighted by molar-refractivity contribution is 5.65. The summed E-state index contributed by atoms with van der Waals surface area (Å²) in [5, 5.41) is 14.9. The summed E-state index contributed by atoms with van der Waals surface area (Å²) in [6, 6.07) is 6.63. The average molecular weight is 232 g/mol. The Kier molecular flexibility index (Phi) is 2.55. The molecule has 2 N–H and O–H groups in total. The van der Waals surface area contributed by atoms with Gasteiger partial charge in [-0.2, -0.15) is 5.10 Å². The number of aromatic nitrogens is 2. The summed E-state index contributed by atoms with van der Waals surface area (Å²) in [6.07, 6.45) is 0. The van der Waals surface area contributed by atoms with Gasteiger partial charge >= 0.3 is 0 Å². The number of benzene rings is 1. The lowest BCUT2D eigenvalue weighted by Gasteiger charge is -2.00. The SMILES string of the molecule is Cc1cc(-c2cc(N)n(C)n2)ccc1[N+](=O)[O-]. The Hall–Kier alpha value is -2.37. The number of nitrogens with zero attached hydrogens (tertiary/aromatic N) is 3. The minimum absolute atomic E-state index is 0.109. The second kappa shape index (κ2) is 3.89. The van der Waals surface area contributed by atoms with E-state index in [9.17, 15) is 10.1 Å². The summed E-state index contributed by atoms with van der Waals surface area (Å²) in [5.41, 5.74) is 7.93. The summed E-state index contributed by atoms with van der Waals surface area (Å²) in [7, 11) is 1.75. The molecule has 1 aromatic heterocycles. The number of nitro benzene ring substituents is 1. The van der Waals surface area contributed by atoms with E-state index in [4.69, 9.17) is 5.73 Å². The van der Waals surface area contributed by atoms with Crippen LogP contribution in [0.15, 0.2) is 24.3 Å². The van der Waals surface area contributed by atoms with Crippen molar-refractivity contribution in [1.29, 1.82) is 0 Å². The normalized spacial score (nSPS) is 10.5. The standard InChI is InChI=1S/C11H12N4O2/c1-7-5-8(3-4-10(7)15(16)17)9-6-11(12)14(2)13-9/h3-6H,12H2,1-2H3. The first-order chi connectivity index (χ1) is 7.99. The van der Waals surface area contributed by atoms with E-state index in [-0.39, 0.29) is 5.69 Å². The summed E-state index contributed by atoms with van der Waals surface area (Å²) < 4.78 is 1.56. The number of anilines is 1. The zero-order valence-corrected chi connectivity index (χ0v) is 9.54. The zero-order valence-electron chi connectivity index (χ0n) is 9.54. The van der Waals surface area contributed by atoms with Crippen molar-refractivity contribution in [2.45, 2.75) is 6.92 Å². The molecule has 88 valence electrons. The third-order valence-corrected chi connectivity index (χ3v) is 2.61. The van der Waals surface area contributed by atoms with E-state index in [0.717, 1.165) is 5.56 Å².